The van der Waals surface area contributed by atoms with Gasteiger partial charge in [0.15, 0.2) is 29.5 Å². The van der Waals surface area contributed by atoms with Gasteiger partial charge in [-0.15, -0.1) is 0 Å². The van der Waals surface area contributed by atoms with E-state index in [4.69, 9.17) is 19.1 Å². The Morgan fingerprint density at radius 2 is 1.76 bits per heavy atom. The largest absolute Gasteiger partial charge is 0.756 e. The van der Waals surface area contributed by atoms with E-state index in [1.807, 2.05) is 42.5 Å². The van der Waals surface area contributed by atoms with Crippen LogP contribution in [0.25, 0.3) is 17.2 Å². The molecule has 4 aromatic rings. The highest BCUT2D eigenvalue weighted by Gasteiger charge is 2.53. The quantitative estimate of drug-likeness (QED) is 0.261. The molecule has 0 spiro atoms. The van der Waals surface area contributed by atoms with E-state index in [1.165, 1.54) is 12.7 Å². The summed E-state index contributed by atoms with van der Waals surface area (Å²) in [6.07, 6.45) is 2.28. The average molecular weight is 579 g/mol. The van der Waals surface area contributed by atoms with Crippen molar-refractivity contribution in [2.75, 3.05) is 17.2 Å². The summed E-state index contributed by atoms with van der Waals surface area (Å²) in [4.78, 5) is 45.8. The Hall–Kier alpha value is -4.01. The van der Waals surface area contributed by atoms with Gasteiger partial charge in [-0.05, 0) is 23.8 Å². The maximum atomic E-state index is 12.6. The second kappa shape index (κ2) is 11.5. The first-order valence-electron chi connectivity index (χ1n) is 12.5. The van der Waals surface area contributed by atoms with Crippen LogP contribution in [-0.4, -0.2) is 61.7 Å². The number of amides is 2. The van der Waals surface area contributed by atoms with E-state index in [0.29, 0.717) is 11.3 Å². The van der Waals surface area contributed by atoms with Gasteiger partial charge >= 0.3 is 6.03 Å². The lowest BCUT2D eigenvalue weighted by atomic mass is 10.1. The molecule has 0 aliphatic carbocycles. The average Bonchev–Trinajstić information content (AvgIpc) is 3.66. The van der Waals surface area contributed by atoms with Gasteiger partial charge in [0.2, 0.25) is 0 Å². The number of carbonyl (C=O) groups is 1. The molecule has 41 heavy (non-hydrogen) atoms. The first-order valence-corrected chi connectivity index (χ1v) is 14.0. The number of ether oxygens (including phenoxy) is 3. The van der Waals surface area contributed by atoms with E-state index in [-0.39, 0.29) is 11.3 Å². The zero-order chi connectivity index (χ0) is 28.4. The van der Waals surface area contributed by atoms with Crippen LogP contribution in [0.1, 0.15) is 11.8 Å². The molecule has 0 saturated carbocycles. The van der Waals surface area contributed by atoms with Crippen molar-refractivity contribution in [1.29, 1.82) is 0 Å². The molecule has 3 N–H and O–H groups in total. The van der Waals surface area contributed by atoms with Crippen molar-refractivity contribution in [3.05, 3.63) is 85.0 Å². The summed E-state index contributed by atoms with van der Waals surface area (Å²) in [5, 5.41) is 5.38. The van der Waals surface area contributed by atoms with Crippen LogP contribution in [0.5, 0.6) is 0 Å². The number of benzene rings is 2. The molecule has 4 heterocycles. The van der Waals surface area contributed by atoms with Crippen molar-refractivity contribution in [3.63, 3.8) is 0 Å². The molecule has 2 aliphatic heterocycles. The number of urea groups is 1. The number of nitrogens with zero attached hydrogens (tertiary/aromatic N) is 4. The van der Waals surface area contributed by atoms with Crippen LogP contribution < -0.4 is 15.5 Å². The fraction of sp³-hybridized carbons (Fsp3) is 0.231. The predicted molar refractivity (Wildman–Crippen MR) is 143 cm³/mol. The summed E-state index contributed by atoms with van der Waals surface area (Å²) in [5.74, 6) is 0.163. The lowest BCUT2D eigenvalue weighted by Gasteiger charge is -2.22. The van der Waals surface area contributed by atoms with Gasteiger partial charge in [0, 0.05) is 5.69 Å². The maximum absolute atomic E-state index is 12.6. The van der Waals surface area contributed by atoms with Crippen LogP contribution in [0, 0.1) is 0 Å². The van der Waals surface area contributed by atoms with Crippen molar-refractivity contribution >= 4 is 42.6 Å². The summed E-state index contributed by atoms with van der Waals surface area (Å²) in [6, 6.07) is 17.9. The van der Waals surface area contributed by atoms with Crippen LogP contribution >= 0.6 is 7.82 Å². The number of fused-ring (bicyclic) bond motifs is 2. The predicted octanol–water partition coefficient (Wildman–Crippen LogP) is 2.67. The van der Waals surface area contributed by atoms with Crippen LogP contribution in [0.4, 0.5) is 16.3 Å². The molecule has 0 bridgehead atoms. The number of carbonyl (C=O) groups excluding carboxylic acids is 1. The molecule has 212 valence electrons. The number of aromatic nitrogens is 4. The van der Waals surface area contributed by atoms with Crippen molar-refractivity contribution in [3.8, 4) is 0 Å². The number of nitrogens with one attached hydrogen (secondary N) is 2. The molecule has 2 aromatic carbocycles. The van der Waals surface area contributed by atoms with Gasteiger partial charge in [0.05, 0.1) is 12.9 Å². The first kappa shape index (κ1) is 27.2. The maximum Gasteiger partial charge on any atom is 0.324 e. The SMILES string of the molecule is O=C(Nc1ccccc1)Nc1ncnc2c1ncn2[C@@H]1O[C@H](COP(=O)([O-])O)[C@@H]2OC(/C=C/c3ccccc3)OC21. The van der Waals surface area contributed by atoms with Gasteiger partial charge in [-0.3, -0.25) is 14.4 Å². The third-order valence-electron chi connectivity index (χ3n) is 6.41. The highest BCUT2D eigenvalue weighted by atomic mass is 31.2. The summed E-state index contributed by atoms with van der Waals surface area (Å²) >= 11 is 0. The lowest BCUT2D eigenvalue weighted by molar-refractivity contribution is -0.223. The van der Waals surface area contributed by atoms with Crippen molar-refractivity contribution in [2.45, 2.75) is 30.8 Å². The minimum Gasteiger partial charge on any atom is -0.756 e. The van der Waals surface area contributed by atoms with Crippen LogP contribution in [0.3, 0.4) is 0 Å². The molecule has 6 atom stereocenters. The summed E-state index contributed by atoms with van der Waals surface area (Å²) in [7, 11) is -5.01. The van der Waals surface area contributed by atoms with Gasteiger partial charge in [0.1, 0.15) is 24.6 Å². The van der Waals surface area contributed by atoms with Gasteiger partial charge in [-0.2, -0.15) is 0 Å². The third-order valence-corrected chi connectivity index (χ3v) is 6.89. The summed E-state index contributed by atoms with van der Waals surface area (Å²) in [6.45, 7) is -0.499. The molecule has 2 amide bonds. The van der Waals surface area contributed by atoms with E-state index < -0.39 is 51.3 Å². The van der Waals surface area contributed by atoms with E-state index in [0.717, 1.165) is 5.56 Å². The van der Waals surface area contributed by atoms with Gasteiger partial charge < -0.3 is 33.8 Å². The number of hydrogen-bond donors (Lipinski definition) is 3. The molecule has 2 fully saturated rings. The second-order valence-corrected chi connectivity index (χ2v) is 10.4. The Labute approximate surface area is 233 Å². The molecule has 14 nitrogen and oxygen atoms in total. The normalized spacial score (nSPS) is 25.3. The molecular weight excluding hydrogens is 555 g/mol. The number of anilines is 2. The number of imidazole rings is 1. The van der Waals surface area contributed by atoms with E-state index in [2.05, 4.69) is 30.1 Å². The van der Waals surface area contributed by atoms with Crippen LogP contribution in [0.15, 0.2) is 79.4 Å². The number of phosphoric ester groups is 1. The summed E-state index contributed by atoms with van der Waals surface area (Å²) < 4.78 is 35.7. The Morgan fingerprint density at radius 1 is 1.02 bits per heavy atom. The molecular formula is C26H24N6O8P-. The molecule has 2 aliphatic rings. The molecule has 2 aromatic heterocycles. The minimum absolute atomic E-state index is 0.163. The molecule has 6 rings (SSSR count). The number of para-hydroxylation sites is 1. The van der Waals surface area contributed by atoms with Crippen molar-refractivity contribution in [1.82, 2.24) is 19.5 Å². The monoisotopic (exact) mass is 579 g/mol. The Kier molecular flexibility index (Phi) is 7.60. The smallest absolute Gasteiger partial charge is 0.324 e. The van der Waals surface area contributed by atoms with E-state index in [9.17, 15) is 14.3 Å². The van der Waals surface area contributed by atoms with Gasteiger partial charge in [-0.25, -0.2) is 19.7 Å². The molecule has 3 unspecified atom stereocenters. The zero-order valence-electron chi connectivity index (χ0n) is 21.2. The fourth-order valence-electron chi connectivity index (χ4n) is 4.65. The molecule has 0 radical (unpaired) electrons. The van der Waals surface area contributed by atoms with Gasteiger partial charge in [0.25, 0.3) is 7.82 Å². The topological polar surface area (TPSA) is 182 Å². The molecule has 2 saturated heterocycles. The Morgan fingerprint density at radius 3 is 2.51 bits per heavy atom. The molecule has 15 heteroatoms. The van der Waals surface area contributed by atoms with E-state index >= 15 is 0 Å². The summed E-state index contributed by atoms with van der Waals surface area (Å²) in [5.41, 5.74) is 2.14. The van der Waals surface area contributed by atoms with Gasteiger partial charge in [-0.1, -0.05) is 54.6 Å². The highest BCUT2D eigenvalue weighted by molar-refractivity contribution is 7.44. The van der Waals surface area contributed by atoms with E-state index in [1.54, 1.807) is 34.9 Å². The fourth-order valence-corrected chi connectivity index (χ4v) is 4.99. The third kappa shape index (κ3) is 6.19. The zero-order valence-corrected chi connectivity index (χ0v) is 22.1. The Bertz CT molecular complexity index is 1600. The number of hydrogen-bond acceptors (Lipinski definition) is 10. The highest BCUT2D eigenvalue weighted by Crippen LogP contribution is 2.42. The lowest BCUT2D eigenvalue weighted by Crippen LogP contribution is -2.32. The Balaban J connectivity index is 1.24. The van der Waals surface area contributed by atoms with Crippen molar-refractivity contribution < 1.29 is 37.9 Å². The minimum atomic E-state index is -5.01. The number of rotatable bonds is 8. The van der Waals surface area contributed by atoms with Crippen LogP contribution in [-0.2, 0) is 23.3 Å². The van der Waals surface area contributed by atoms with Crippen molar-refractivity contribution in [2.24, 2.45) is 0 Å². The number of phosphoric acid groups is 1. The second-order valence-electron chi connectivity index (χ2n) is 9.16. The standard InChI is InChI=1S/C26H25N6O8P/c33-26(30-17-9-5-2-6-10-17)31-23-20-24(28-14-27-23)32(15-29-20)25-22-21(18(38-25)13-37-41(34,35)36)39-19(40-22)12-11-16-7-3-1-4-8-16/h1-12,14-15,18-19,21-22,25H,13H2,(H2,34,35,36)(H2,27,28,30,31,33)/p-1/b12-11+/t18-,19?,21+,22?,25-/m1/s1. The van der Waals surface area contributed by atoms with Crippen LogP contribution in [0.2, 0.25) is 0 Å². The first-order chi connectivity index (χ1) is 19.8.